The fourth-order valence-corrected chi connectivity index (χ4v) is 0.608. The summed E-state index contributed by atoms with van der Waals surface area (Å²) >= 11 is 4.86. The zero-order valence-electron chi connectivity index (χ0n) is 5.82. The molecule has 0 radical (unpaired) electrons. The molecule has 0 saturated heterocycles. The molecule has 0 aliphatic carbocycles. The molecule has 4 heteroatoms. The molecule has 3 nitrogen and oxygen atoms in total. The molecule has 0 aliphatic rings. The molecule has 0 spiro atoms. The Morgan fingerprint density at radius 3 is 2.56 bits per heavy atom. The Morgan fingerprint density at radius 2 is 2.11 bits per heavy atom. The molecule has 0 aromatic rings. The molecule has 0 amide bonds. The monoisotopic (exact) mass is 147 g/mol. The van der Waals surface area contributed by atoms with E-state index in [1.807, 2.05) is 14.0 Å². The molecule has 0 aliphatic heterocycles. The highest BCUT2D eigenvalue weighted by molar-refractivity contribution is 7.80. The van der Waals surface area contributed by atoms with Crippen LogP contribution in [0.2, 0.25) is 0 Å². The van der Waals surface area contributed by atoms with E-state index in [0.29, 0.717) is 11.8 Å². The predicted molar refractivity (Wildman–Crippen MR) is 43.3 cm³/mol. The van der Waals surface area contributed by atoms with Crippen molar-refractivity contribution in [3.05, 3.63) is 0 Å². The van der Waals surface area contributed by atoms with Gasteiger partial charge >= 0.3 is 0 Å². The van der Waals surface area contributed by atoms with Gasteiger partial charge in [-0.1, -0.05) is 0 Å². The topological polar surface area (TPSA) is 36.1 Å². The number of thiocarbonyl (C=S) groups is 1. The van der Waals surface area contributed by atoms with Crippen LogP contribution in [-0.4, -0.2) is 25.4 Å². The van der Waals surface area contributed by atoms with Crippen LogP contribution in [0.1, 0.15) is 6.92 Å². The van der Waals surface area contributed by atoms with Crippen LogP contribution in [-0.2, 0) is 0 Å². The van der Waals surface area contributed by atoms with E-state index < -0.39 is 0 Å². The van der Waals surface area contributed by atoms with Gasteiger partial charge in [-0.05, 0) is 26.2 Å². The van der Waals surface area contributed by atoms with Gasteiger partial charge < -0.3 is 16.0 Å². The maximum absolute atomic E-state index is 4.86. The van der Waals surface area contributed by atoms with E-state index in [1.165, 1.54) is 0 Å². The van der Waals surface area contributed by atoms with Crippen molar-refractivity contribution in [1.82, 2.24) is 16.0 Å². The lowest BCUT2D eigenvalue weighted by Crippen LogP contribution is -2.39. The van der Waals surface area contributed by atoms with Gasteiger partial charge in [-0.3, -0.25) is 0 Å². The minimum Gasteiger partial charge on any atom is -0.363 e. The summed E-state index contributed by atoms with van der Waals surface area (Å²) in [6.45, 7) is 3.59. The number of hydrogen-bond acceptors (Lipinski definition) is 2. The van der Waals surface area contributed by atoms with Crippen LogP contribution in [0.15, 0.2) is 0 Å². The standard InChI is InChI=1S/C5H13N3S/c1-3-7-5(9)8-4-6-2/h6H,3-4H2,1-2H3,(H2,7,8,9). The van der Waals surface area contributed by atoms with Crippen LogP contribution in [0.25, 0.3) is 0 Å². The molecule has 0 atom stereocenters. The van der Waals surface area contributed by atoms with Gasteiger partial charge in [-0.15, -0.1) is 0 Å². The van der Waals surface area contributed by atoms with Gasteiger partial charge in [0.05, 0.1) is 6.67 Å². The van der Waals surface area contributed by atoms with E-state index in [0.717, 1.165) is 6.54 Å². The summed E-state index contributed by atoms with van der Waals surface area (Å²) in [6.07, 6.45) is 0. The Balaban J connectivity index is 3.06. The zero-order valence-corrected chi connectivity index (χ0v) is 6.64. The second-order valence-electron chi connectivity index (χ2n) is 1.57. The summed E-state index contributed by atoms with van der Waals surface area (Å²) in [4.78, 5) is 0. The van der Waals surface area contributed by atoms with E-state index in [1.54, 1.807) is 0 Å². The Hall–Kier alpha value is -0.350. The Morgan fingerprint density at radius 1 is 1.44 bits per heavy atom. The van der Waals surface area contributed by atoms with E-state index in [-0.39, 0.29) is 0 Å². The summed E-state index contributed by atoms with van der Waals surface area (Å²) in [6, 6.07) is 0. The second kappa shape index (κ2) is 5.78. The zero-order chi connectivity index (χ0) is 7.11. The summed E-state index contributed by atoms with van der Waals surface area (Å²) in [5, 5.41) is 9.52. The predicted octanol–water partition coefficient (Wildman–Crippen LogP) is -0.353. The van der Waals surface area contributed by atoms with E-state index in [2.05, 4.69) is 16.0 Å². The van der Waals surface area contributed by atoms with Crippen LogP contribution in [0.4, 0.5) is 0 Å². The maximum Gasteiger partial charge on any atom is 0.167 e. The van der Waals surface area contributed by atoms with Gasteiger partial charge in [0.15, 0.2) is 5.11 Å². The highest BCUT2D eigenvalue weighted by Gasteiger charge is 1.86. The highest BCUT2D eigenvalue weighted by Crippen LogP contribution is 1.61. The van der Waals surface area contributed by atoms with Crippen LogP contribution in [0.3, 0.4) is 0 Å². The van der Waals surface area contributed by atoms with Crippen molar-refractivity contribution >= 4 is 17.3 Å². The third-order valence-corrected chi connectivity index (χ3v) is 1.05. The first kappa shape index (κ1) is 8.65. The first-order valence-electron chi connectivity index (χ1n) is 2.97. The van der Waals surface area contributed by atoms with Crippen molar-refractivity contribution in [3.8, 4) is 0 Å². The van der Waals surface area contributed by atoms with Gasteiger partial charge in [0, 0.05) is 6.54 Å². The first-order chi connectivity index (χ1) is 4.31. The van der Waals surface area contributed by atoms with Gasteiger partial charge in [-0.25, -0.2) is 0 Å². The minimum atomic E-state index is 0.701. The van der Waals surface area contributed by atoms with E-state index >= 15 is 0 Å². The van der Waals surface area contributed by atoms with Gasteiger partial charge in [0.2, 0.25) is 0 Å². The molecule has 0 unspecified atom stereocenters. The number of rotatable bonds is 3. The fourth-order valence-electron chi connectivity index (χ4n) is 0.392. The summed E-state index contributed by atoms with van der Waals surface area (Å²) in [5.74, 6) is 0. The van der Waals surface area contributed by atoms with E-state index in [9.17, 15) is 0 Å². The van der Waals surface area contributed by atoms with Crippen LogP contribution >= 0.6 is 12.2 Å². The summed E-state index contributed by atoms with van der Waals surface area (Å²) < 4.78 is 0. The fraction of sp³-hybridized carbons (Fsp3) is 0.800. The third kappa shape index (κ3) is 5.52. The normalized spacial score (nSPS) is 8.67. The lowest BCUT2D eigenvalue weighted by atomic mass is 10.7. The molecule has 0 bridgehead atoms. The van der Waals surface area contributed by atoms with Gasteiger partial charge in [0.1, 0.15) is 0 Å². The molecular weight excluding hydrogens is 134 g/mol. The van der Waals surface area contributed by atoms with Crippen molar-refractivity contribution in [2.24, 2.45) is 0 Å². The van der Waals surface area contributed by atoms with Crippen molar-refractivity contribution in [1.29, 1.82) is 0 Å². The largest absolute Gasteiger partial charge is 0.363 e. The molecular formula is C5H13N3S. The smallest absolute Gasteiger partial charge is 0.167 e. The van der Waals surface area contributed by atoms with Crippen molar-refractivity contribution in [2.75, 3.05) is 20.3 Å². The molecule has 0 heterocycles. The number of hydrogen-bond donors (Lipinski definition) is 3. The van der Waals surface area contributed by atoms with Crippen molar-refractivity contribution in [3.63, 3.8) is 0 Å². The molecule has 0 saturated carbocycles. The average molecular weight is 147 g/mol. The van der Waals surface area contributed by atoms with Gasteiger partial charge in [-0.2, -0.15) is 0 Å². The minimum absolute atomic E-state index is 0.701. The highest BCUT2D eigenvalue weighted by atomic mass is 32.1. The first-order valence-corrected chi connectivity index (χ1v) is 3.38. The molecule has 0 aromatic heterocycles. The maximum atomic E-state index is 4.86. The van der Waals surface area contributed by atoms with Crippen molar-refractivity contribution in [2.45, 2.75) is 6.92 Å². The number of nitrogens with one attached hydrogen (secondary N) is 3. The molecule has 0 rings (SSSR count). The lowest BCUT2D eigenvalue weighted by Gasteiger charge is -2.06. The van der Waals surface area contributed by atoms with E-state index in [4.69, 9.17) is 12.2 Å². The quantitative estimate of drug-likeness (QED) is 0.376. The average Bonchev–Trinajstić information content (AvgIpc) is 1.85. The second-order valence-corrected chi connectivity index (χ2v) is 1.97. The Labute approximate surface area is 61.2 Å². The van der Waals surface area contributed by atoms with Gasteiger partial charge in [0.25, 0.3) is 0 Å². The Kier molecular flexibility index (Phi) is 5.56. The third-order valence-electron chi connectivity index (χ3n) is 0.763. The molecule has 54 valence electrons. The van der Waals surface area contributed by atoms with Crippen molar-refractivity contribution < 1.29 is 0 Å². The summed E-state index contributed by atoms with van der Waals surface area (Å²) in [7, 11) is 1.86. The van der Waals surface area contributed by atoms with Crippen LogP contribution in [0.5, 0.6) is 0 Å². The molecule has 0 aromatic carbocycles. The summed E-state index contributed by atoms with van der Waals surface area (Å²) in [5.41, 5.74) is 0. The molecule has 0 fully saturated rings. The van der Waals surface area contributed by atoms with Crippen LogP contribution < -0.4 is 16.0 Å². The SMILES string of the molecule is CCNC(=S)NCNC. The Bertz CT molecular complexity index is 84.3. The molecule has 9 heavy (non-hydrogen) atoms. The lowest BCUT2D eigenvalue weighted by molar-refractivity contribution is 0.746. The van der Waals surface area contributed by atoms with Crippen LogP contribution in [0, 0.1) is 0 Å². The molecule has 3 N–H and O–H groups in total.